The molecule has 106 valence electrons. The van der Waals surface area contributed by atoms with E-state index >= 15 is 0 Å². The summed E-state index contributed by atoms with van der Waals surface area (Å²) in [6.45, 7) is 4.13. The monoisotopic (exact) mass is 286 g/mol. The van der Waals surface area contributed by atoms with Crippen LogP contribution >= 0.6 is 0 Å². The second-order valence-corrected chi connectivity index (χ2v) is 6.56. The first-order valence-electron chi connectivity index (χ1n) is 6.49. The summed E-state index contributed by atoms with van der Waals surface area (Å²) in [7, 11) is -3.40. The maximum atomic E-state index is 12.1. The van der Waals surface area contributed by atoms with E-state index in [1.807, 2.05) is 13.8 Å². The summed E-state index contributed by atoms with van der Waals surface area (Å²) < 4.78 is 29.6. The molecule has 7 heteroatoms. The van der Waals surface area contributed by atoms with Crippen molar-refractivity contribution in [3.8, 4) is 0 Å². The summed E-state index contributed by atoms with van der Waals surface area (Å²) in [5.41, 5.74) is 1.49. The summed E-state index contributed by atoms with van der Waals surface area (Å²) >= 11 is 0. The normalized spacial score (nSPS) is 17.9. The van der Waals surface area contributed by atoms with Gasteiger partial charge in [0.1, 0.15) is 5.76 Å². The molecule has 1 amide bonds. The van der Waals surface area contributed by atoms with Crippen molar-refractivity contribution in [2.75, 3.05) is 12.3 Å². The van der Waals surface area contributed by atoms with E-state index in [0.29, 0.717) is 25.0 Å². The van der Waals surface area contributed by atoms with E-state index in [-0.39, 0.29) is 24.6 Å². The van der Waals surface area contributed by atoms with E-state index in [1.54, 1.807) is 0 Å². The minimum atomic E-state index is -3.40. The van der Waals surface area contributed by atoms with E-state index in [1.165, 1.54) is 0 Å². The van der Waals surface area contributed by atoms with Crippen molar-refractivity contribution in [1.82, 2.24) is 9.46 Å². The van der Waals surface area contributed by atoms with Crippen LogP contribution in [0.1, 0.15) is 37.3 Å². The van der Waals surface area contributed by atoms with Gasteiger partial charge in [-0.05, 0) is 12.8 Å². The van der Waals surface area contributed by atoms with Crippen LogP contribution in [0.2, 0.25) is 0 Å². The minimum absolute atomic E-state index is 0.0507. The Morgan fingerprint density at radius 1 is 1.37 bits per heavy atom. The molecule has 0 N–H and O–H groups in total. The van der Waals surface area contributed by atoms with Crippen LogP contribution in [0.4, 0.5) is 0 Å². The summed E-state index contributed by atoms with van der Waals surface area (Å²) in [5.74, 6) is 0.343. The van der Waals surface area contributed by atoms with Gasteiger partial charge in [0.25, 0.3) is 0 Å². The lowest BCUT2D eigenvalue weighted by atomic mass is 10.1. The Morgan fingerprint density at radius 2 is 2.11 bits per heavy atom. The zero-order chi connectivity index (χ0) is 14.0. The zero-order valence-electron chi connectivity index (χ0n) is 11.2. The smallest absolute Gasteiger partial charge is 0.240 e. The van der Waals surface area contributed by atoms with Crippen molar-refractivity contribution < 1.29 is 17.7 Å². The highest BCUT2D eigenvalue weighted by Gasteiger charge is 2.33. The van der Waals surface area contributed by atoms with Crippen molar-refractivity contribution in [3.05, 3.63) is 17.0 Å². The predicted molar refractivity (Wildman–Crippen MR) is 69.1 cm³/mol. The Hall–Kier alpha value is -1.37. The van der Waals surface area contributed by atoms with Crippen LogP contribution in [-0.4, -0.2) is 36.1 Å². The van der Waals surface area contributed by atoms with Gasteiger partial charge in [0.2, 0.25) is 15.9 Å². The number of hydrogen-bond donors (Lipinski definition) is 0. The second-order valence-electron chi connectivity index (χ2n) is 4.55. The highest BCUT2D eigenvalue weighted by molar-refractivity contribution is 7.89. The van der Waals surface area contributed by atoms with Crippen LogP contribution < -0.4 is 0 Å². The molecule has 0 saturated carbocycles. The second kappa shape index (κ2) is 5.32. The third-order valence-electron chi connectivity index (χ3n) is 3.31. The molecular formula is C12H18N2O4S. The highest BCUT2D eigenvalue weighted by Crippen LogP contribution is 2.20. The molecule has 0 bridgehead atoms. The Morgan fingerprint density at radius 3 is 2.63 bits per heavy atom. The number of nitrogens with zero attached hydrogens (tertiary/aromatic N) is 2. The number of aryl methyl sites for hydroxylation is 2. The molecule has 2 heterocycles. The van der Waals surface area contributed by atoms with Crippen LogP contribution in [-0.2, 0) is 34.1 Å². The van der Waals surface area contributed by atoms with Crippen molar-refractivity contribution in [3.63, 3.8) is 0 Å². The van der Waals surface area contributed by atoms with Crippen molar-refractivity contribution in [1.29, 1.82) is 0 Å². The summed E-state index contributed by atoms with van der Waals surface area (Å²) in [5, 5.41) is 3.93. The summed E-state index contributed by atoms with van der Waals surface area (Å²) in [6.07, 6.45) is 1.87. The van der Waals surface area contributed by atoms with Gasteiger partial charge in [-0.15, -0.1) is 0 Å². The van der Waals surface area contributed by atoms with Gasteiger partial charge in [-0.2, -0.15) is 0 Å². The lowest BCUT2D eigenvalue weighted by Crippen LogP contribution is -2.34. The van der Waals surface area contributed by atoms with Gasteiger partial charge in [-0.1, -0.05) is 19.0 Å². The van der Waals surface area contributed by atoms with E-state index in [0.717, 1.165) is 15.6 Å². The number of sulfonamides is 1. The van der Waals surface area contributed by atoms with Gasteiger partial charge in [0, 0.05) is 18.5 Å². The van der Waals surface area contributed by atoms with Gasteiger partial charge in [-0.3, -0.25) is 4.79 Å². The molecule has 19 heavy (non-hydrogen) atoms. The number of hydrogen-bond acceptors (Lipinski definition) is 5. The average Bonchev–Trinajstić information content (AvgIpc) is 2.91. The third-order valence-corrected chi connectivity index (χ3v) is 5.17. The van der Waals surface area contributed by atoms with Crippen molar-refractivity contribution >= 4 is 15.9 Å². The molecule has 2 rings (SSSR count). The molecule has 1 aliphatic heterocycles. The topological polar surface area (TPSA) is 80.5 Å². The van der Waals surface area contributed by atoms with Crippen molar-refractivity contribution in [2.24, 2.45) is 0 Å². The zero-order valence-corrected chi connectivity index (χ0v) is 12.0. The minimum Gasteiger partial charge on any atom is -0.361 e. The molecule has 0 radical (unpaired) electrons. The number of carbonyl (C=O) groups is 1. The van der Waals surface area contributed by atoms with Crippen molar-refractivity contribution in [2.45, 2.75) is 39.5 Å². The molecule has 1 aliphatic rings. The SMILES string of the molecule is CCc1noc(CC)c1CC(=O)N1CCCS1(=O)=O. The molecule has 1 aromatic heterocycles. The number of amides is 1. The first-order chi connectivity index (χ1) is 8.99. The lowest BCUT2D eigenvalue weighted by molar-refractivity contribution is -0.125. The third kappa shape index (κ3) is 2.65. The number of rotatable bonds is 4. The molecule has 0 aliphatic carbocycles. The molecule has 0 aromatic carbocycles. The van der Waals surface area contributed by atoms with Crippen LogP contribution in [0.25, 0.3) is 0 Å². The Balaban J connectivity index is 2.22. The maximum absolute atomic E-state index is 12.1. The Labute approximate surface area is 112 Å². The maximum Gasteiger partial charge on any atom is 0.240 e. The van der Waals surface area contributed by atoms with Gasteiger partial charge >= 0.3 is 0 Å². The number of aromatic nitrogens is 1. The van der Waals surface area contributed by atoms with Gasteiger partial charge in [-0.25, -0.2) is 12.7 Å². The van der Waals surface area contributed by atoms with Crippen LogP contribution in [0.15, 0.2) is 4.52 Å². The molecule has 1 saturated heterocycles. The molecule has 0 atom stereocenters. The van der Waals surface area contributed by atoms with E-state index in [2.05, 4.69) is 5.16 Å². The van der Waals surface area contributed by atoms with Crippen LogP contribution in [0.3, 0.4) is 0 Å². The lowest BCUT2D eigenvalue weighted by Gasteiger charge is -2.14. The van der Waals surface area contributed by atoms with E-state index < -0.39 is 10.0 Å². The first-order valence-corrected chi connectivity index (χ1v) is 8.10. The average molecular weight is 286 g/mol. The number of carbonyl (C=O) groups excluding carboxylic acids is 1. The molecule has 0 unspecified atom stereocenters. The van der Waals surface area contributed by atoms with Crippen LogP contribution in [0.5, 0.6) is 0 Å². The Kier molecular flexibility index (Phi) is 3.93. The summed E-state index contributed by atoms with van der Waals surface area (Å²) in [6, 6.07) is 0. The fourth-order valence-electron chi connectivity index (χ4n) is 2.30. The molecular weight excluding hydrogens is 268 g/mol. The quantitative estimate of drug-likeness (QED) is 0.821. The largest absolute Gasteiger partial charge is 0.361 e. The van der Waals surface area contributed by atoms with Gasteiger partial charge in [0.05, 0.1) is 17.9 Å². The fourth-order valence-corrected chi connectivity index (χ4v) is 3.79. The fraction of sp³-hybridized carbons (Fsp3) is 0.667. The predicted octanol–water partition coefficient (Wildman–Crippen LogP) is 0.904. The molecule has 0 spiro atoms. The summed E-state index contributed by atoms with van der Waals surface area (Å²) in [4.78, 5) is 12.1. The molecule has 6 nitrogen and oxygen atoms in total. The molecule has 1 aromatic rings. The van der Waals surface area contributed by atoms with E-state index in [9.17, 15) is 13.2 Å². The van der Waals surface area contributed by atoms with E-state index in [4.69, 9.17) is 4.52 Å². The standard InChI is InChI=1S/C12H18N2O4S/c1-3-10-9(11(4-2)18-13-10)8-12(15)14-6-5-7-19(14,16)17/h3-8H2,1-2H3. The molecule has 1 fully saturated rings. The first kappa shape index (κ1) is 14.0. The Bertz CT molecular complexity index is 555. The van der Waals surface area contributed by atoms with Crippen LogP contribution in [0, 0.1) is 0 Å². The van der Waals surface area contributed by atoms with Gasteiger partial charge < -0.3 is 4.52 Å². The highest BCUT2D eigenvalue weighted by atomic mass is 32.2. The van der Waals surface area contributed by atoms with Gasteiger partial charge in [0.15, 0.2) is 0 Å².